The van der Waals surface area contributed by atoms with Crippen LogP contribution < -0.4 is 4.74 Å². The Labute approximate surface area is 213 Å². The number of hydrogen-bond donors (Lipinski definition) is 0. The molecule has 0 radical (unpaired) electrons. The van der Waals surface area contributed by atoms with Gasteiger partial charge in [0, 0.05) is 34.6 Å². The number of esters is 5. The van der Waals surface area contributed by atoms with Gasteiger partial charge in [-0.25, -0.2) is 0 Å². The van der Waals surface area contributed by atoms with E-state index in [0.717, 1.165) is 26.3 Å². The van der Waals surface area contributed by atoms with Crippen LogP contribution in [-0.2, 0) is 52.4 Å². The van der Waals surface area contributed by atoms with Crippen LogP contribution >= 0.6 is 0 Å². The van der Waals surface area contributed by atoms with E-state index in [1.54, 1.807) is 36.4 Å². The van der Waals surface area contributed by atoms with Crippen molar-refractivity contribution < 1.29 is 57.1 Å². The van der Waals surface area contributed by atoms with Crippen molar-refractivity contribution in [2.24, 2.45) is 0 Å². The molecule has 0 aromatic heterocycles. The average molecular weight is 523 g/mol. The number of benzene rings is 1. The zero-order valence-corrected chi connectivity index (χ0v) is 21.2. The minimum absolute atomic E-state index is 0.123. The summed E-state index contributed by atoms with van der Waals surface area (Å²) in [5.41, 5.74) is 0.779. The Kier molecular flexibility index (Phi) is 11.1. The molecule has 0 spiro atoms. The summed E-state index contributed by atoms with van der Waals surface area (Å²) in [7, 11) is 0. The first kappa shape index (κ1) is 29.3. The lowest BCUT2D eigenvalue weighted by atomic mass is 9.98. The first-order chi connectivity index (χ1) is 17.5. The van der Waals surface area contributed by atoms with Gasteiger partial charge >= 0.3 is 29.8 Å². The van der Waals surface area contributed by atoms with E-state index in [0.29, 0.717) is 5.75 Å². The van der Waals surface area contributed by atoms with Crippen LogP contribution in [0.3, 0.4) is 0 Å². The lowest BCUT2D eigenvalue weighted by Gasteiger charge is -2.43. The molecule has 0 aliphatic carbocycles. The monoisotopic (exact) mass is 522 g/mol. The molecule has 1 fully saturated rings. The molecule has 1 aromatic carbocycles. The Bertz CT molecular complexity index is 999. The maximum absolute atomic E-state index is 11.9. The summed E-state index contributed by atoms with van der Waals surface area (Å²) in [4.78, 5) is 57.8. The molecule has 202 valence electrons. The predicted molar refractivity (Wildman–Crippen MR) is 125 cm³/mol. The normalized spacial score (nSPS) is 23.0. The Hall–Kier alpha value is -3.93. The Morgan fingerprint density at radius 1 is 0.730 bits per heavy atom. The molecule has 37 heavy (non-hydrogen) atoms. The average Bonchev–Trinajstić information content (AvgIpc) is 2.79. The van der Waals surface area contributed by atoms with Gasteiger partial charge in [-0.05, 0) is 23.8 Å². The fourth-order valence-electron chi connectivity index (χ4n) is 3.42. The molecule has 1 heterocycles. The zero-order chi connectivity index (χ0) is 27.5. The molecule has 1 aliphatic rings. The van der Waals surface area contributed by atoms with Crippen molar-refractivity contribution in [3.05, 3.63) is 35.9 Å². The molecule has 0 saturated carbocycles. The van der Waals surface area contributed by atoms with Crippen molar-refractivity contribution in [2.75, 3.05) is 13.2 Å². The Morgan fingerprint density at radius 2 is 1.27 bits per heavy atom. The molecule has 1 aliphatic heterocycles. The number of carbonyl (C=O) groups is 5. The van der Waals surface area contributed by atoms with Gasteiger partial charge in [-0.3, -0.25) is 24.0 Å². The third kappa shape index (κ3) is 9.92. The van der Waals surface area contributed by atoms with Gasteiger partial charge in [0.05, 0.1) is 0 Å². The summed E-state index contributed by atoms with van der Waals surface area (Å²) in [5.74, 6) is -2.90. The van der Waals surface area contributed by atoms with Crippen molar-refractivity contribution in [1.29, 1.82) is 0 Å². The highest BCUT2D eigenvalue weighted by molar-refractivity contribution is 5.69. The van der Waals surface area contributed by atoms with E-state index in [1.807, 2.05) is 0 Å². The van der Waals surface area contributed by atoms with Gasteiger partial charge in [-0.1, -0.05) is 18.2 Å². The van der Waals surface area contributed by atoms with Crippen LogP contribution in [0.15, 0.2) is 30.3 Å². The van der Waals surface area contributed by atoms with Crippen LogP contribution in [0.4, 0.5) is 0 Å². The van der Waals surface area contributed by atoms with Crippen molar-refractivity contribution in [2.45, 2.75) is 65.3 Å². The quantitative estimate of drug-likeness (QED) is 0.325. The molecule has 0 bridgehead atoms. The first-order valence-electron chi connectivity index (χ1n) is 11.3. The summed E-state index contributed by atoms with van der Waals surface area (Å²) in [6.45, 7) is 5.68. The zero-order valence-electron chi connectivity index (χ0n) is 21.2. The number of ether oxygens (including phenoxy) is 7. The smallest absolute Gasteiger partial charge is 0.303 e. The van der Waals surface area contributed by atoms with E-state index in [1.165, 1.54) is 13.8 Å². The van der Waals surface area contributed by atoms with Gasteiger partial charge in [0.1, 0.15) is 25.1 Å². The van der Waals surface area contributed by atoms with E-state index < -0.39 is 60.6 Å². The highest BCUT2D eigenvalue weighted by Crippen LogP contribution is 2.31. The lowest BCUT2D eigenvalue weighted by molar-refractivity contribution is -0.288. The molecule has 2 rings (SSSR count). The highest BCUT2D eigenvalue weighted by atomic mass is 16.7. The van der Waals surface area contributed by atoms with Gasteiger partial charge in [-0.15, -0.1) is 0 Å². The fraction of sp³-hybridized carbons (Fsp3) is 0.480. The molecular formula is C25H30O12. The molecular weight excluding hydrogens is 492 g/mol. The van der Waals surface area contributed by atoms with E-state index in [4.69, 9.17) is 33.2 Å². The SMILES string of the molecule is CC(=O)OCC=Cc1ccc(OC2OC(COC(C)=O)C(OC(C)=O)C(OC(C)=O)C2OC(C)=O)cc1. The third-order valence-electron chi connectivity index (χ3n) is 4.77. The van der Waals surface area contributed by atoms with Gasteiger partial charge in [-0.2, -0.15) is 0 Å². The van der Waals surface area contributed by atoms with Crippen molar-refractivity contribution in [1.82, 2.24) is 0 Å². The van der Waals surface area contributed by atoms with Crippen LogP contribution in [-0.4, -0.2) is 73.8 Å². The molecule has 5 unspecified atom stereocenters. The number of carbonyl (C=O) groups excluding carboxylic acids is 5. The summed E-state index contributed by atoms with van der Waals surface area (Å²) in [6.07, 6.45) is -2.97. The lowest BCUT2D eigenvalue weighted by Crippen LogP contribution is -2.63. The second-order valence-electron chi connectivity index (χ2n) is 7.96. The minimum Gasteiger partial charge on any atom is -0.463 e. The van der Waals surface area contributed by atoms with Crippen molar-refractivity contribution in [3.8, 4) is 5.75 Å². The fourth-order valence-corrected chi connectivity index (χ4v) is 3.42. The Balaban J connectivity index is 2.32. The van der Waals surface area contributed by atoms with E-state index in [2.05, 4.69) is 0 Å². The Morgan fingerprint density at radius 3 is 1.81 bits per heavy atom. The van der Waals surface area contributed by atoms with Crippen LogP contribution in [0.5, 0.6) is 5.75 Å². The third-order valence-corrected chi connectivity index (χ3v) is 4.77. The topological polar surface area (TPSA) is 150 Å². The summed E-state index contributed by atoms with van der Waals surface area (Å²) in [6, 6.07) is 6.65. The minimum atomic E-state index is -1.33. The van der Waals surface area contributed by atoms with E-state index >= 15 is 0 Å². The van der Waals surface area contributed by atoms with Crippen LogP contribution in [0, 0.1) is 0 Å². The highest BCUT2D eigenvalue weighted by Gasteiger charge is 2.53. The maximum Gasteiger partial charge on any atom is 0.303 e. The van der Waals surface area contributed by atoms with Gasteiger partial charge in [0.15, 0.2) is 12.2 Å². The molecule has 0 N–H and O–H groups in total. The molecule has 1 aromatic rings. The van der Waals surface area contributed by atoms with Crippen LogP contribution in [0.1, 0.15) is 40.2 Å². The van der Waals surface area contributed by atoms with E-state index in [-0.39, 0.29) is 13.2 Å². The molecule has 0 amide bonds. The van der Waals surface area contributed by atoms with Crippen molar-refractivity contribution in [3.63, 3.8) is 0 Å². The molecule has 12 heteroatoms. The van der Waals surface area contributed by atoms with Crippen LogP contribution in [0.2, 0.25) is 0 Å². The molecule has 1 saturated heterocycles. The van der Waals surface area contributed by atoms with Crippen molar-refractivity contribution >= 4 is 35.9 Å². The van der Waals surface area contributed by atoms with Gasteiger partial charge < -0.3 is 33.2 Å². The largest absolute Gasteiger partial charge is 0.463 e. The number of hydrogen-bond acceptors (Lipinski definition) is 12. The summed E-state index contributed by atoms with van der Waals surface area (Å²) >= 11 is 0. The van der Waals surface area contributed by atoms with E-state index in [9.17, 15) is 24.0 Å². The first-order valence-corrected chi connectivity index (χ1v) is 11.3. The summed E-state index contributed by atoms with van der Waals surface area (Å²) in [5, 5.41) is 0. The van der Waals surface area contributed by atoms with Crippen LogP contribution in [0.25, 0.3) is 6.08 Å². The van der Waals surface area contributed by atoms with Gasteiger partial charge in [0.2, 0.25) is 12.4 Å². The van der Waals surface area contributed by atoms with Gasteiger partial charge in [0.25, 0.3) is 0 Å². The number of rotatable bonds is 10. The standard InChI is InChI=1S/C25H30O12/c1-14(26)31-12-6-7-19-8-10-20(11-9-19)36-25-24(35-18(5)30)23(34-17(4)29)22(33-16(3)28)21(37-25)13-32-15(2)27/h6-11,21-25H,12-13H2,1-5H3. The second kappa shape index (κ2) is 14.0. The predicted octanol–water partition coefficient (Wildman–Crippen LogP) is 1.72. The molecule has 12 nitrogen and oxygen atoms in total. The second-order valence-corrected chi connectivity index (χ2v) is 7.96. The molecule has 5 atom stereocenters. The maximum atomic E-state index is 11.9. The summed E-state index contributed by atoms with van der Waals surface area (Å²) < 4.78 is 37.8.